The lowest BCUT2D eigenvalue weighted by Crippen LogP contribution is -2.52. The second-order valence-electron chi connectivity index (χ2n) is 6.30. The highest BCUT2D eigenvalue weighted by Crippen LogP contribution is 2.26. The molecule has 6 nitrogen and oxygen atoms in total. The smallest absolute Gasteiger partial charge is 0.236 e. The summed E-state index contributed by atoms with van der Waals surface area (Å²) in [6, 6.07) is 6.84. The number of primary amides is 1. The summed E-state index contributed by atoms with van der Waals surface area (Å²) in [6.07, 6.45) is 2.61. The molecule has 1 atom stereocenters. The topological polar surface area (TPSA) is 83.7 Å². The lowest BCUT2D eigenvalue weighted by molar-refractivity contribution is -0.122. The largest absolute Gasteiger partial charge is 0.368 e. The van der Waals surface area contributed by atoms with Crippen LogP contribution in [-0.4, -0.2) is 55.0 Å². The Hall–Kier alpha value is -1.44. The monoisotopic (exact) mass is 337 g/mol. The molecule has 126 valence electrons. The van der Waals surface area contributed by atoms with E-state index in [4.69, 9.17) is 5.73 Å². The number of hydrogen-bond donors (Lipinski definition) is 1. The number of amides is 1. The number of fused-ring (bicyclic) bond motifs is 1. The zero-order valence-corrected chi connectivity index (χ0v) is 14.0. The maximum atomic E-state index is 12.8. The molecule has 7 heteroatoms. The van der Waals surface area contributed by atoms with Crippen LogP contribution >= 0.6 is 0 Å². The van der Waals surface area contributed by atoms with Crippen molar-refractivity contribution in [3.63, 3.8) is 0 Å². The number of rotatable bonds is 5. The molecular weight excluding hydrogens is 314 g/mol. The van der Waals surface area contributed by atoms with Gasteiger partial charge >= 0.3 is 0 Å². The average molecular weight is 337 g/mol. The number of hydrogen-bond acceptors (Lipinski definition) is 4. The molecule has 0 unspecified atom stereocenters. The fourth-order valence-corrected chi connectivity index (χ4v) is 5.03. The molecule has 0 aliphatic carbocycles. The van der Waals surface area contributed by atoms with Gasteiger partial charge in [-0.15, -0.1) is 0 Å². The molecule has 3 rings (SSSR count). The third kappa shape index (κ3) is 3.57. The predicted octanol–water partition coefficient (Wildman–Crippen LogP) is 0.324. The van der Waals surface area contributed by atoms with Crippen molar-refractivity contribution in [3.05, 3.63) is 35.4 Å². The SMILES string of the molecule is NC(=O)[C@@H]1Cc2ccccc2CN1S(=O)(=O)CCN1CCCC1. The van der Waals surface area contributed by atoms with Gasteiger partial charge in [-0.05, 0) is 43.5 Å². The highest BCUT2D eigenvalue weighted by molar-refractivity contribution is 7.89. The van der Waals surface area contributed by atoms with Gasteiger partial charge in [-0.1, -0.05) is 24.3 Å². The normalized spacial score (nSPS) is 22.9. The van der Waals surface area contributed by atoms with Gasteiger partial charge in [-0.25, -0.2) is 8.42 Å². The molecule has 2 heterocycles. The molecule has 23 heavy (non-hydrogen) atoms. The molecule has 0 aromatic heterocycles. The highest BCUT2D eigenvalue weighted by atomic mass is 32.2. The van der Waals surface area contributed by atoms with Crippen molar-refractivity contribution in [2.75, 3.05) is 25.4 Å². The van der Waals surface area contributed by atoms with Crippen LogP contribution in [0.1, 0.15) is 24.0 Å². The van der Waals surface area contributed by atoms with E-state index >= 15 is 0 Å². The molecule has 2 aliphatic heterocycles. The van der Waals surface area contributed by atoms with Gasteiger partial charge in [0.05, 0.1) is 5.75 Å². The molecule has 1 amide bonds. The van der Waals surface area contributed by atoms with Crippen LogP contribution in [0.4, 0.5) is 0 Å². The second-order valence-corrected chi connectivity index (χ2v) is 8.34. The minimum atomic E-state index is -3.52. The molecule has 2 aliphatic rings. The van der Waals surface area contributed by atoms with E-state index in [0.717, 1.165) is 37.1 Å². The molecule has 0 radical (unpaired) electrons. The molecule has 0 spiro atoms. The van der Waals surface area contributed by atoms with Gasteiger partial charge in [0.15, 0.2) is 0 Å². The number of benzene rings is 1. The molecule has 1 saturated heterocycles. The molecule has 1 aromatic rings. The van der Waals surface area contributed by atoms with Gasteiger partial charge in [0.2, 0.25) is 15.9 Å². The van der Waals surface area contributed by atoms with E-state index < -0.39 is 22.0 Å². The fraction of sp³-hybridized carbons (Fsp3) is 0.562. The first-order valence-electron chi connectivity index (χ1n) is 8.05. The average Bonchev–Trinajstić information content (AvgIpc) is 3.05. The Kier molecular flexibility index (Phi) is 4.70. The number of nitrogens with two attached hydrogens (primary N) is 1. The molecule has 1 fully saturated rings. The molecular formula is C16H23N3O3S. The standard InChI is InChI=1S/C16H23N3O3S/c17-16(20)15-11-13-5-1-2-6-14(13)12-19(15)23(21,22)10-9-18-7-3-4-8-18/h1-2,5-6,15H,3-4,7-12H2,(H2,17,20)/t15-/m0/s1. The van der Waals surface area contributed by atoms with Crippen molar-refractivity contribution in [1.82, 2.24) is 9.21 Å². The zero-order chi connectivity index (χ0) is 16.4. The zero-order valence-electron chi connectivity index (χ0n) is 13.1. The summed E-state index contributed by atoms with van der Waals surface area (Å²) in [5.74, 6) is -0.539. The summed E-state index contributed by atoms with van der Waals surface area (Å²) in [6.45, 7) is 2.66. The Morgan fingerprint density at radius 1 is 1.17 bits per heavy atom. The number of carbonyl (C=O) groups excluding carboxylic acids is 1. The van der Waals surface area contributed by atoms with Crippen molar-refractivity contribution in [1.29, 1.82) is 0 Å². The van der Waals surface area contributed by atoms with Crippen LogP contribution in [0.3, 0.4) is 0 Å². The Labute approximate surface area is 137 Å². The Bertz CT molecular complexity index is 684. The van der Waals surface area contributed by atoms with Gasteiger partial charge in [0.25, 0.3) is 0 Å². The minimum Gasteiger partial charge on any atom is -0.368 e. The quantitative estimate of drug-likeness (QED) is 0.839. The van der Waals surface area contributed by atoms with E-state index in [1.807, 2.05) is 24.3 Å². The second kappa shape index (κ2) is 6.59. The summed E-state index contributed by atoms with van der Waals surface area (Å²) in [5.41, 5.74) is 7.43. The highest BCUT2D eigenvalue weighted by Gasteiger charge is 2.37. The van der Waals surface area contributed by atoms with Crippen LogP contribution < -0.4 is 5.73 Å². The summed E-state index contributed by atoms with van der Waals surface area (Å²) in [4.78, 5) is 13.9. The fourth-order valence-electron chi connectivity index (χ4n) is 3.40. The van der Waals surface area contributed by atoms with Crippen molar-refractivity contribution < 1.29 is 13.2 Å². The van der Waals surface area contributed by atoms with E-state index in [0.29, 0.717) is 13.0 Å². The molecule has 1 aromatic carbocycles. The summed E-state index contributed by atoms with van der Waals surface area (Å²) >= 11 is 0. The van der Waals surface area contributed by atoms with Gasteiger partial charge in [-0.2, -0.15) is 4.31 Å². The molecule has 0 saturated carbocycles. The predicted molar refractivity (Wildman–Crippen MR) is 88.1 cm³/mol. The maximum absolute atomic E-state index is 12.8. The van der Waals surface area contributed by atoms with E-state index in [1.54, 1.807) is 0 Å². The third-order valence-electron chi connectivity index (χ3n) is 4.76. The van der Waals surface area contributed by atoms with Crippen LogP contribution in [-0.2, 0) is 27.8 Å². The van der Waals surface area contributed by atoms with Crippen LogP contribution in [0.15, 0.2) is 24.3 Å². The first-order chi connectivity index (χ1) is 11.0. The molecule has 2 N–H and O–H groups in total. The number of sulfonamides is 1. The van der Waals surface area contributed by atoms with Crippen molar-refractivity contribution in [2.45, 2.75) is 31.8 Å². The Morgan fingerprint density at radius 2 is 1.83 bits per heavy atom. The van der Waals surface area contributed by atoms with Gasteiger partial charge in [-0.3, -0.25) is 4.79 Å². The van der Waals surface area contributed by atoms with Crippen LogP contribution in [0.5, 0.6) is 0 Å². The van der Waals surface area contributed by atoms with Gasteiger partial charge in [0.1, 0.15) is 6.04 Å². The third-order valence-corrected chi connectivity index (χ3v) is 6.55. The Balaban J connectivity index is 1.79. The minimum absolute atomic E-state index is 0.0406. The van der Waals surface area contributed by atoms with Crippen LogP contribution in [0, 0.1) is 0 Å². The van der Waals surface area contributed by atoms with E-state index in [9.17, 15) is 13.2 Å². The lowest BCUT2D eigenvalue weighted by Gasteiger charge is -2.34. The summed E-state index contributed by atoms with van der Waals surface area (Å²) in [7, 11) is -3.52. The number of nitrogens with zero attached hydrogens (tertiary/aromatic N) is 2. The van der Waals surface area contributed by atoms with Crippen molar-refractivity contribution >= 4 is 15.9 Å². The van der Waals surface area contributed by atoms with E-state index in [2.05, 4.69) is 4.90 Å². The number of carbonyl (C=O) groups is 1. The summed E-state index contributed by atoms with van der Waals surface area (Å²) in [5, 5.41) is 0. The van der Waals surface area contributed by atoms with Crippen molar-refractivity contribution in [2.24, 2.45) is 5.73 Å². The first kappa shape index (κ1) is 16.4. The summed E-state index contributed by atoms with van der Waals surface area (Å²) < 4.78 is 26.8. The Morgan fingerprint density at radius 3 is 2.48 bits per heavy atom. The first-order valence-corrected chi connectivity index (χ1v) is 9.66. The number of likely N-dealkylation sites (tertiary alicyclic amines) is 1. The van der Waals surface area contributed by atoms with E-state index in [1.165, 1.54) is 4.31 Å². The van der Waals surface area contributed by atoms with Crippen molar-refractivity contribution in [3.8, 4) is 0 Å². The maximum Gasteiger partial charge on any atom is 0.236 e. The van der Waals surface area contributed by atoms with Crippen LogP contribution in [0.2, 0.25) is 0 Å². The van der Waals surface area contributed by atoms with Gasteiger partial charge < -0.3 is 10.6 Å². The van der Waals surface area contributed by atoms with Crippen LogP contribution in [0.25, 0.3) is 0 Å². The lowest BCUT2D eigenvalue weighted by atomic mass is 9.96. The molecule has 0 bridgehead atoms. The van der Waals surface area contributed by atoms with Gasteiger partial charge in [0, 0.05) is 13.1 Å². The van der Waals surface area contributed by atoms with E-state index in [-0.39, 0.29) is 12.3 Å².